The first-order chi connectivity index (χ1) is 12.8. The molecule has 2 aromatic heterocycles. The molecule has 0 saturated carbocycles. The van der Waals surface area contributed by atoms with Gasteiger partial charge in [-0.1, -0.05) is 5.16 Å². The number of alkyl halides is 3. The third kappa shape index (κ3) is 4.08. The van der Waals surface area contributed by atoms with Crippen molar-refractivity contribution in [1.29, 1.82) is 0 Å². The van der Waals surface area contributed by atoms with Gasteiger partial charge in [0, 0.05) is 38.1 Å². The van der Waals surface area contributed by atoms with Gasteiger partial charge in [-0.3, -0.25) is 9.78 Å². The molecule has 0 bridgehead atoms. The Labute approximate surface area is 152 Å². The van der Waals surface area contributed by atoms with Crippen molar-refractivity contribution in [3.63, 3.8) is 0 Å². The number of benzene rings is 1. The van der Waals surface area contributed by atoms with Gasteiger partial charge in [0.2, 0.25) is 0 Å². The Kier molecular flexibility index (Phi) is 4.85. The van der Waals surface area contributed by atoms with E-state index >= 15 is 0 Å². The minimum atomic E-state index is -4.52. The number of nitrogens with one attached hydrogen (secondary N) is 1. The molecule has 1 amide bonds. The molecule has 0 fully saturated rings. The second-order valence-electron chi connectivity index (χ2n) is 5.90. The topological polar surface area (TPSA) is 71.3 Å². The monoisotopic (exact) mass is 376 g/mol. The molecule has 0 aliphatic heterocycles. The van der Waals surface area contributed by atoms with Gasteiger partial charge in [-0.15, -0.1) is 0 Å². The molecule has 2 heterocycles. The number of hydrogen-bond acceptors (Lipinski definition) is 5. The van der Waals surface area contributed by atoms with Crippen LogP contribution >= 0.6 is 0 Å². The second-order valence-corrected chi connectivity index (χ2v) is 5.90. The van der Waals surface area contributed by atoms with Gasteiger partial charge in [-0.05, 0) is 30.3 Å². The van der Waals surface area contributed by atoms with E-state index in [9.17, 15) is 18.0 Å². The molecular weight excluding hydrogens is 361 g/mol. The smallest absolute Gasteiger partial charge is 0.376 e. The highest BCUT2D eigenvalue weighted by Crippen LogP contribution is 2.35. The van der Waals surface area contributed by atoms with Gasteiger partial charge in [0.1, 0.15) is 0 Å². The maximum absolute atomic E-state index is 13.0. The van der Waals surface area contributed by atoms with Gasteiger partial charge < -0.3 is 14.7 Å². The summed E-state index contributed by atoms with van der Waals surface area (Å²) in [6.45, 7) is 0. The summed E-state index contributed by atoms with van der Waals surface area (Å²) in [5.41, 5.74) is 0.144. The summed E-state index contributed by atoms with van der Waals surface area (Å²) in [5.74, 6) is -0.360. The number of rotatable bonds is 4. The van der Waals surface area contributed by atoms with E-state index in [1.807, 2.05) is 0 Å². The van der Waals surface area contributed by atoms with E-state index < -0.39 is 17.6 Å². The number of carbonyl (C=O) groups excluding carboxylic acids is 1. The van der Waals surface area contributed by atoms with Crippen LogP contribution in [-0.2, 0) is 6.18 Å². The quantitative estimate of drug-likeness (QED) is 0.743. The van der Waals surface area contributed by atoms with Crippen molar-refractivity contribution < 1.29 is 22.5 Å². The lowest BCUT2D eigenvalue weighted by molar-refractivity contribution is -0.137. The van der Waals surface area contributed by atoms with Crippen LogP contribution in [0.2, 0.25) is 0 Å². The lowest BCUT2D eigenvalue weighted by Gasteiger charge is -2.19. The van der Waals surface area contributed by atoms with Crippen LogP contribution in [0.15, 0.2) is 53.3 Å². The molecule has 0 saturated heterocycles. The van der Waals surface area contributed by atoms with Crippen LogP contribution in [0, 0.1) is 0 Å². The average Bonchev–Trinajstić information content (AvgIpc) is 3.12. The van der Waals surface area contributed by atoms with Crippen molar-refractivity contribution in [2.24, 2.45) is 0 Å². The Balaban J connectivity index is 1.88. The maximum Gasteiger partial charge on any atom is 0.416 e. The molecule has 27 heavy (non-hydrogen) atoms. The fourth-order valence-corrected chi connectivity index (χ4v) is 2.42. The molecule has 0 unspecified atom stereocenters. The fraction of sp³-hybridized carbons (Fsp3) is 0.167. The van der Waals surface area contributed by atoms with Crippen molar-refractivity contribution in [1.82, 2.24) is 10.1 Å². The Bertz CT molecular complexity index is 953. The van der Waals surface area contributed by atoms with Crippen LogP contribution in [0.4, 0.5) is 24.5 Å². The van der Waals surface area contributed by atoms with Crippen molar-refractivity contribution in [2.45, 2.75) is 6.18 Å². The summed E-state index contributed by atoms with van der Waals surface area (Å²) in [4.78, 5) is 18.0. The number of anilines is 2. The van der Waals surface area contributed by atoms with Gasteiger partial charge in [-0.2, -0.15) is 13.2 Å². The van der Waals surface area contributed by atoms with Crippen LogP contribution < -0.4 is 10.2 Å². The molecular formula is C18H15F3N4O2. The standard InChI is InChI=1S/C18H15F3N4O2/c1-25(2)15-6-5-12(18(19,20)21)8-13(15)23-17(26)14-9-16(27-24-14)11-4-3-7-22-10-11/h3-10H,1-2H3,(H,23,26). The van der Waals surface area contributed by atoms with E-state index in [1.165, 1.54) is 12.1 Å². The molecule has 0 atom stereocenters. The number of aromatic nitrogens is 2. The molecule has 1 N–H and O–H groups in total. The average molecular weight is 376 g/mol. The third-order valence-corrected chi connectivity index (χ3v) is 3.74. The van der Waals surface area contributed by atoms with Crippen molar-refractivity contribution in [3.05, 3.63) is 60.0 Å². The zero-order valence-corrected chi connectivity index (χ0v) is 14.4. The first kappa shape index (κ1) is 18.4. The van der Waals surface area contributed by atoms with Crippen LogP contribution in [0.25, 0.3) is 11.3 Å². The maximum atomic E-state index is 13.0. The zero-order chi connectivity index (χ0) is 19.6. The molecule has 3 aromatic rings. The van der Waals surface area contributed by atoms with Gasteiger partial charge in [0.15, 0.2) is 11.5 Å². The summed E-state index contributed by atoms with van der Waals surface area (Å²) < 4.78 is 44.1. The molecule has 0 spiro atoms. The largest absolute Gasteiger partial charge is 0.416 e. The van der Waals surface area contributed by atoms with E-state index in [0.29, 0.717) is 17.0 Å². The van der Waals surface area contributed by atoms with Crippen LogP contribution in [0.1, 0.15) is 16.1 Å². The Morgan fingerprint density at radius 3 is 2.59 bits per heavy atom. The molecule has 6 nitrogen and oxygen atoms in total. The lowest BCUT2D eigenvalue weighted by atomic mass is 10.1. The highest BCUT2D eigenvalue weighted by atomic mass is 19.4. The van der Waals surface area contributed by atoms with E-state index in [-0.39, 0.29) is 11.4 Å². The number of nitrogens with zero attached hydrogens (tertiary/aromatic N) is 3. The number of amides is 1. The fourth-order valence-electron chi connectivity index (χ4n) is 2.42. The number of halogens is 3. The SMILES string of the molecule is CN(C)c1ccc(C(F)(F)F)cc1NC(=O)c1cc(-c2cccnc2)on1. The number of carbonyl (C=O) groups is 1. The Morgan fingerprint density at radius 2 is 1.96 bits per heavy atom. The molecule has 0 aliphatic carbocycles. The molecule has 140 valence electrons. The van der Waals surface area contributed by atoms with Gasteiger partial charge in [0.25, 0.3) is 5.91 Å². The summed E-state index contributed by atoms with van der Waals surface area (Å²) in [5, 5.41) is 6.15. The number of pyridine rings is 1. The summed E-state index contributed by atoms with van der Waals surface area (Å²) >= 11 is 0. The predicted octanol–water partition coefficient (Wildman–Crippen LogP) is 4.07. The van der Waals surface area contributed by atoms with Gasteiger partial charge in [0.05, 0.1) is 16.9 Å². The van der Waals surface area contributed by atoms with Crippen molar-refractivity contribution in [3.8, 4) is 11.3 Å². The van der Waals surface area contributed by atoms with E-state index in [2.05, 4.69) is 15.5 Å². The summed E-state index contributed by atoms with van der Waals surface area (Å²) in [6, 6.07) is 7.96. The first-order valence-corrected chi connectivity index (χ1v) is 7.83. The second kappa shape index (κ2) is 7.10. The predicted molar refractivity (Wildman–Crippen MR) is 93.5 cm³/mol. The zero-order valence-electron chi connectivity index (χ0n) is 14.4. The summed E-state index contributed by atoms with van der Waals surface area (Å²) in [7, 11) is 3.32. The molecule has 3 rings (SSSR count). The minimum Gasteiger partial charge on any atom is -0.376 e. The van der Waals surface area contributed by atoms with E-state index in [0.717, 1.165) is 12.1 Å². The Morgan fingerprint density at radius 1 is 1.19 bits per heavy atom. The van der Waals surface area contributed by atoms with Crippen LogP contribution in [-0.4, -0.2) is 30.1 Å². The highest BCUT2D eigenvalue weighted by Gasteiger charge is 2.31. The van der Waals surface area contributed by atoms with E-state index in [4.69, 9.17) is 4.52 Å². The van der Waals surface area contributed by atoms with Crippen LogP contribution in [0.3, 0.4) is 0 Å². The van der Waals surface area contributed by atoms with Crippen molar-refractivity contribution in [2.75, 3.05) is 24.3 Å². The highest BCUT2D eigenvalue weighted by molar-refractivity contribution is 6.05. The summed E-state index contributed by atoms with van der Waals surface area (Å²) in [6.07, 6.45) is -1.39. The molecule has 1 aromatic carbocycles. The van der Waals surface area contributed by atoms with Gasteiger partial charge >= 0.3 is 6.18 Å². The Hall–Kier alpha value is -3.36. The van der Waals surface area contributed by atoms with E-state index in [1.54, 1.807) is 43.5 Å². The minimum absolute atomic E-state index is 0.0192. The van der Waals surface area contributed by atoms with Gasteiger partial charge in [-0.25, -0.2) is 0 Å². The normalized spacial score (nSPS) is 11.3. The van der Waals surface area contributed by atoms with Crippen LogP contribution in [0.5, 0.6) is 0 Å². The molecule has 0 aliphatic rings. The number of hydrogen-bond donors (Lipinski definition) is 1. The third-order valence-electron chi connectivity index (χ3n) is 3.74. The van der Waals surface area contributed by atoms with Crippen molar-refractivity contribution >= 4 is 17.3 Å². The first-order valence-electron chi connectivity index (χ1n) is 7.83. The molecule has 9 heteroatoms. The lowest BCUT2D eigenvalue weighted by Crippen LogP contribution is -2.18. The molecule has 0 radical (unpaired) electrons.